The van der Waals surface area contributed by atoms with E-state index in [1.807, 2.05) is 0 Å². The molecule has 1 unspecified atom stereocenters. The highest BCUT2D eigenvalue weighted by Crippen LogP contribution is 2.23. The van der Waals surface area contributed by atoms with Crippen LogP contribution in [-0.2, 0) is 16.1 Å². The molecule has 33 heavy (non-hydrogen) atoms. The summed E-state index contributed by atoms with van der Waals surface area (Å²) in [4.78, 5) is 38.4. The van der Waals surface area contributed by atoms with E-state index in [0.717, 1.165) is 25.7 Å². The van der Waals surface area contributed by atoms with Crippen molar-refractivity contribution in [1.29, 1.82) is 0 Å². The first kappa shape index (κ1) is 24.0. The summed E-state index contributed by atoms with van der Waals surface area (Å²) in [6, 6.07) is 13.7. The smallest absolute Gasteiger partial charge is 0.360 e. The molecule has 0 fully saturated rings. The average molecular weight is 452 g/mol. The minimum Gasteiger partial charge on any atom is -0.495 e. The molecule has 8 heteroatoms. The molecule has 0 aliphatic carbocycles. The quantitative estimate of drug-likeness (QED) is 0.367. The third-order valence-corrected chi connectivity index (χ3v) is 5.30. The second kappa shape index (κ2) is 11.3. The van der Waals surface area contributed by atoms with Crippen LogP contribution in [0.5, 0.6) is 5.75 Å². The monoisotopic (exact) mass is 451 g/mol. The Morgan fingerprint density at radius 3 is 2.45 bits per heavy atom. The maximum absolute atomic E-state index is 13.0. The summed E-state index contributed by atoms with van der Waals surface area (Å²) in [5, 5.41) is 7.79. The van der Waals surface area contributed by atoms with Crippen LogP contribution in [0.1, 0.15) is 50.0 Å². The van der Waals surface area contributed by atoms with Gasteiger partial charge >= 0.3 is 5.97 Å². The lowest BCUT2D eigenvalue weighted by molar-refractivity contribution is -0.123. The van der Waals surface area contributed by atoms with Gasteiger partial charge in [0.1, 0.15) is 5.75 Å². The number of aryl methyl sites for hydroxylation is 1. The van der Waals surface area contributed by atoms with Gasteiger partial charge < -0.3 is 14.8 Å². The maximum Gasteiger partial charge on any atom is 0.360 e. The van der Waals surface area contributed by atoms with Gasteiger partial charge in [-0.15, -0.1) is 0 Å². The number of carbonyl (C=O) groups is 2. The van der Waals surface area contributed by atoms with Crippen LogP contribution in [0.2, 0.25) is 0 Å². The Labute approximate surface area is 192 Å². The number of fused-ring (bicyclic) bond motifs is 1. The molecular weight excluding hydrogens is 422 g/mol. The van der Waals surface area contributed by atoms with Crippen LogP contribution in [-0.4, -0.2) is 34.9 Å². The van der Waals surface area contributed by atoms with Gasteiger partial charge in [0.15, 0.2) is 11.8 Å². The highest BCUT2D eigenvalue weighted by molar-refractivity contribution is 6.04. The van der Waals surface area contributed by atoms with E-state index in [0.29, 0.717) is 28.8 Å². The molecule has 1 atom stereocenters. The van der Waals surface area contributed by atoms with Crippen LogP contribution in [0.25, 0.3) is 10.8 Å². The second-order valence-electron chi connectivity index (χ2n) is 7.72. The number of ether oxygens (including phenoxy) is 2. The number of nitrogens with zero attached hydrogens (tertiary/aromatic N) is 2. The molecule has 1 aromatic heterocycles. The van der Waals surface area contributed by atoms with E-state index in [-0.39, 0.29) is 11.3 Å². The van der Waals surface area contributed by atoms with E-state index in [9.17, 15) is 14.4 Å². The van der Waals surface area contributed by atoms with E-state index in [2.05, 4.69) is 17.3 Å². The molecule has 1 amide bonds. The predicted molar refractivity (Wildman–Crippen MR) is 127 cm³/mol. The van der Waals surface area contributed by atoms with Crippen molar-refractivity contribution in [3.63, 3.8) is 0 Å². The fourth-order valence-electron chi connectivity index (χ4n) is 3.48. The number of amides is 1. The first-order valence-corrected chi connectivity index (χ1v) is 11.1. The molecule has 0 aliphatic rings. The third-order valence-electron chi connectivity index (χ3n) is 5.30. The van der Waals surface area contributed by atoms with Gasteiger partial charge in [0.05, 0.1) is 18.2 Å². The van der Waals surface area contributed by atoms with Gasteiger partial charge in [-0.2, -0.15) is 5.10 Å². The van der Waals surface area contributed by atoms with Crippen LogP contribution in [0.15, 0.2) is 53.3 Å². The van der Waals surface area contributed by atoms with Crippen molar-refractivity contribution in [3.8, 4) is 5.75 Å². The van der Waals surface area contributed by atoms with Gasteiger partial charge in [-0.25, -0.2) is 9.48 Å². The zero-order chi connectivity index (χ0) is 23.8. The molecule has 0 saturated carbocycles. The number of unbranched alkanes of at least 4 members (excludes halogenated alkanes) is 3. The Hall–Kier alpha value is -3.68. The van der Waals surface area contributed by atoms with Crippen molar-refractivity contribution >= 4 is 28.3 Å². The first-order chi connectivity index (χ1) is 16.0. The van der Waals surface area contributed by atoms with Gasteiger partial charge in [0.2, 0.25) is 0 Å². The Bertz CT molecular complexity index is 1190. The summed E-state index contributed by atoms with van der Waals surface area (Å²) >= 11 is 0. The highest BCUT2D eigenvalue weighted by atomic mass is 16.5. The first-order valence-electron chi connectivity index (χ1n) is 11.1. The number of esters is 1. The number of para-hydroxylation sites is 2. The molecule has 1 heterocycles. The summed E-state index contributed by atoms with van der Waals surface area (Å²) in [7, 11) is 1.50. The molecule has 0 spiro atoms. The summed E-state index contributed by atoms with van der Waals surface area (Å²) < 4.78 is 12.0. The Balaban J connectivity index is 1.81. The molecular formula is C25H29N3O5. The fraction of sp³-hybridized carbons (Fsp3) is 0.360. The Kier molecular flexibility index (Phi) is 8.18. The minimum absolute atomic E-state index is 0.0117. The van der Waals surface area contributed by atoms with Crippen LogP contribution >= 0.6 is 0 Å². The van der Waals surface area contributed by atoms with Gasteiger partial charge in [-0.1, -0.05) is 56.5 Å². The molecule has 0 saturated heterocycles. The van der Waals surface area contributed by atoms with Gasteiger partial charge in [-0.3, -0.25) is 9.59 Å². The van der Waals surface area contributed by atoms with Crippen LogP contribution in [0.3, 0.4) is 0 Å². The van der Waals surface area contributed by atoms with E-state index in [4.69, 9.17) is 9.47 Å². The maximum atomic E-state index is 13.0. The third kappa shape index (κ3) is 5.77. The second-order valence-corrected chi connectivity index (χ2v) is 7.72. The molecule has 0 radical (unpaired) electrons. The summed E-state index contributed by atoms with van der Waals surface area (Å²) in [6.45, 7) is 4.00. The zero-order valence-electron chi connectivity index (χ0n) is 19.2. The number of anilines is 1. The summed E-state index contributed by atoms with van der Waals surface area (Å²) in [6.07, 6.45) is 2.80. The lowest BCUT2D eigenvalue weighted by Gasteiger charge is -2.16. The molecule has 174 valence electrons. The number of aromatic nitrogens is 2. The highest BCUT2D eigenvalue weighted by Gasteiger charge is 2.24. The normalized spacial score (nSPS) is 11.7. The number of rotatable bonds is 10. The fourth-order valence-corrected chi connectivity index (χ4v) is 3.48. The predicted octanol–water partition coefficient (Wildman–Crippen LogP) is 4.17. The largest absolute Gasteiger partial charge is 0.495 e. The molecule has 0 bridgehead atoms. The van der Waals surface area contributed by atoms with E-state index in [1.165, 1.54) is 18.7 Å². The van der Waals surface area contributed by atoms with Gasteiger partial charge in [-0.05, 0) is 31.5 Å². The molecule has 0 aliphatic heterocycles. The standard InChI is InChI=1S/C25H29N3O5/c1-4-5-6-11-16-28-24(30)19-13-8-7-12-18(19)22(27-28)25(31)33-17(2)23(29)26-20-14-9-10-15-21(20)32-3/h7-10,12-15,17H,4-6,11,16H2,1-3H3,(H,26,29). The number of methoxy groups -OCH3 is 1. The van der Waals surface area contributed by atoms with Crippen LogP contribution in [0.4, 0.5) is 5.69 Å². The summed E-state index contributed by atoms with van der Waals surface area (Å²) in [5.41, 5.74) is 0.232. The van der Waals surface area contributed by atoms with Crippen molar-refractivity contribution < 1.29 is 19.1 Å². The van der Waals surface area contributed by atoms with Crippen molar-refractivity contribution in [2.45, 2.75) is 52.2 Å². The Morgan fingerprint density at radius 2 is 1.73 bits per heavy atom. The van der Waals surface area contributed by atoms with Crippen molar-refractivity contribution in [2.75, 3.05) is 12.4 Å². The minimum atomic E-state index is -1.09. The van der Waals surface area contributed by atoms with Crippen molar-refractivity contribution in [2.24, 2.45) is 0 Å². The van der Waals surface area contributed by atoms with E-state index in [1.54, 1.807) is 48.5 Å². The lowest BCUT2D eigenvalue weighted by Crippen LogP contribution is -2.32. The van der Waals surface area contributed by atoms with E-state index < -0.39 is 18.0 Å². The van der Waals surface area contributed by atoms with Gasteiger partial charge in [0.25, 0.3) is 11.5 Å². The van der Waals surface area contributed by atoms with Crippen LogP contribution in [0, 0.1) is 0 Å². The number of benzene rings is 2. The Morgan fingerprint density at radius 1 is 1.03 bits per heavy atom. The number of hydrogen-bond acceptors (Lipinski definition) is 6. The number of carbonyl (C=O) groups excluding carboxylic acids is 2. The topological polar surface area (TPSA) is 99.5 Å². The molecule has 1 N–H and O–H groups in total. The van der Waals surface area contributed by atoms with Crippen LogP contribution < -0.4 is 15.6 Å². The zero-order valence-corrected chi connectivity index (χ0v) is 19.2. The van der Waals surface area contributed by atoms with Crippen molar-refractivity contribution in [3.05, 3.63) is 64.6 Å². The molecule has 2 aromatic carbocycles. The summed E-state index contributed by atoms with van der Waals surface area (Å²) in [5.74, 6) is -0.784. The lowest BCUT2D eigenvalue weighted by atomic mass is 10.1. The number of hydrogen-bond donors (Lipinski definition) is 1. The molecule has 3 rings (SSSR count). The van der Waals surface area contributed by atoms with Crippen molar-refractivity contribution in [1.82, 2.24) is 9.78 Å². The van der Waals surface area contributed by atoms with Gasteiger partial charge in [0, 0.05) is 11.9 Å². The molecule has 3 aromatic rings. The average Bonchev–Trinajstić information content (AvgIpc) is 2.83. The van der Waals surface area contributed by atoms with E-state index >= 15 is 0 Å². The SMILES string of the molecule is CCCCCCn1nc(C(=O)OC(C)C(=O)Nc2ccccc2OC)c2ccccc2c1=O. The number of nitrogens with one attached hydrogen (secondary N) is 1. The molecule has 8 nitrogen and oxygen atoms in total.